The van der Waals surface area contributed by atoms with Crippen molar-refractivity contribution in [2.45, 2.75) is 0 Å². The van der Waals surface area contributed by atoms with E-state index in [1.807, 2.05) is 6.07 Å². The summed E-state index contributed by atoms with van der Waals surface area (Å²) in [6, 6.07) is 79.8. The molecule has 0 saturated heterocycles. The second kappa shape index (κ2) is 14.0. The number of fused-ring (bicyclic) bond motifs is 6. The molecule has 0 fully saturated rings. The van der Waals surface area contributed by atoms with Crippen LogP contribution in [0, 0.1) is 0 Å². The molecule has 0 atom stereocenters. The van der Waals surface area contributed by atoms with E-state index in [0.717, 1.165) is 78.2 Å². The van der Waals surface area contributed by atoms with Crippen LogP contribution in [0.15, 0.2) is 229 Å². The topological polar surface area (TPSA) is 24.6 Å². The molecule has 4 heteroatoms. The van der Waals surface area contributed by atoms with Crippen molar-refractivity contribution in [1.29, 1.82) is 0 Å². The fourth-order valence-electron chi connectivity index (χ4n) is 8.57. The van der Waals surface area contributed by atoms with Gasteiger partial charge in [0.15, 0.2) is 5.58 Å². The molecular formula is C54H37N3O. The highest BCUT2D eigenvalue weighted by molar-refractivity contribution is 6.18. The Bertz CT molecular complexity index is 3170. The third-order valence-corrected chi connectivity index (χ3v) is 11.1. The third-order valence-electron chi connectivity index (χ3n) is 11.1. The van der Waals surface area contributed by atoms with Crippen LogP contribution in [0.4, 0.5) is 34.1 Å². The summed E-state index contributed by atoms with van der Waals surface area (Å²) in [6.07, 6.45) is 0. The number of nitrogens with zero attached hydrogens (tertiary/aromatic N) is 3. The lowest BCUT2D eigenvalue weighted by atomic mass is 10.0. The predicted octanol–water partition coefficient (Wildman–Crippen LogP) is 15.3. The lowest BCUT2D eigenvalue weighted by Gasteiger charge is -2.30. The Hall–Kier alpha value is -7.82. The van der Waals surface area contributed by atoms with Gasteiger partial charge in [0.1, 0.15) is 5.58 Å². The van der Waals surface area contributed by atoms with Gasteiger partial charge in [-0.3, -0.25) is 0 Å². The molecule has 0 unspecified atom stereocenters. The molecule has 0 bridgehead atoms. The van der Waals surface area contributed by atoms with Crippen molar-refractivity contribution in [3.8, 4) is 16.8 Å². The number of aromatic nitrogens is 1. The van der Waals surface area contributed by atoms with E-state index in [4.69, 9.17) is 4.42 Å². The van der Waals surface area contributed by atoms with Crippen molar-refractivity contribution in [2.24, 2.45) is 0 Å². The Balaban J connectivity index is 1.26. The van der Waals surface area contributed by atoms with Gasteiger partial charge < -0.3 is 18.8 Å². The van der Waals surface area contributed by atoms with E-state index in [2.05, 4.69) is 233 Å². The van der Waals surface area contributed by atoms with Gasteiger partial charge in [-0.15, -0.1) is 0 Å². The number of hydrogen-bond donors (Lipinski definition) is 0. The minimum atomic E-state index is 0.842. The number of anilines is 6. The summed E-state index contributed by atoms with van der Waals surface area (Å²) in [5, 5.41) is 4.52. The average Bonchev–Trinajstić information content (AvgIpc) is 3.85. The summed E-state index contributed by atoms with van der Waals surface area (Å²) in [5.74, 6) is 0. The van der Waals surface area contributed by atoms with Crippen LogP contribution in [0.5, 0.6) is 0 Å². The van der Waals surface area contributed by atoms with Crippen molar-refractivity contribution in [3.63, 3.8) is 0 Å². The average molecular weight is 744 g/mol. The maximum atomic E-state index is 6.74. The largest absolute Gasteiger partial charge is 0.454 e. The number of rotatable bonds is 8. The summed E-state index contributed by atoms with van der Waals surface area (Å²) >= 11 is 0. The van der Waals surface area contributed by atoms with E-state index < -0.39 is 0 Å². The molecule has 0 amide bonds. The minimum Gasteiger partial charge on any atom is -0.454 e. The number of furan rings is 1. The van der Waals surface area contributed by atoms with Crippen LogP contribution in [0.2, 0.25) is 0 Å². The van der Waals surface area contributed by atoms with Crippen LogP contribution < -0.4 is 9.80 Å². The fraction of sp³-hybridized carbons (Fsp3) is 0. The van der Waals surface area contributed by atoms with Gasteiger partial charge in [-0.05, 0) is 90.0 Å². The normalized spacial score (nSPS) is 11.4. The molecule has 4 nitrogen and oxygen atoms in total. The highest BCUT2D eigenvalue weighted by Crippen LogP contribution is 2.49. The molecule has 274 valence electrons. The predicted molar refractivity (Wildman–Crippen MR) is 243 cm³/mol. The SMILES string of the molecule is c1ccc(-c2ccc(-n3c4ccccc4c4c(N(c5ccccc5)c5ccccc5)cc(N(c5ccccc5)c5cccc6c5oc5ccccc56)cc43)cc2)cc1. The summed E-state index contributed by atoms with van der Waals surface area (Å²) in [4.78, 5) is 4.74. The Morgan fingerprint density at radius 3 is 1.52 bits per heavy atom. The van der Waals surface area contributed by atoms with Crippen molar-refractivity contribution in [3.05, 3.63) is 224 Å². The van der Waals surface area contributed by atoms with Crippen molar-refractivity contribution >= 4 is 77.9 Å². The van der Waals surface area contributed by atoms with Crippen molar-refractivity contribution < 1.29 is 4.42 Å². The highest BCUT2D eigenvalue weighted by atomic mass is 16.3. The van der Waals surface area contributed by atoms with Gasteiger partial charge in [0.05, 0.1) is 28.1 Å². The third kappa shape index (κ3) is 5.62. The molecule has 11 aromatic rings. The van der Waals surface area contributed by atoms with Crippen molar-refractivity contribution in [2.75, 3.05) is 9.80 Å². The zero-order valence-electron chi connectivity index (χ0n) is 31.6. The summed E-state index contributed by atoms with van der Waals surface area (Å²) < 4.78 is 9.16. The summed E-state index contributed by atoms with van der Waals surface area (Å²) in [7, 11) is 0. The quantitative estimate of drug-likeness (QED) is 0.155. The van der Waals surface area contributed by atoms with Crippen LogP contribution in [0.25, 0.3) is 60.6 Å². The van der Waals surface area contributed by atoms with Gasteiger partial charge in [-0.1, -0.05) is 146 Å². The zero-order valence-corrected chi connectivity index (χ0v) is 31.6. The first-order valence-electron chi connectivity index (χ1n) is 19.7. The monoisotopic (exact) mass is 743 g/mol. The first-order chi connectivity index (χ1) is 28.8. The van der Waals surface area contributed by atoms with Crippen LogP contribution in [-0.4, -0.2) is 4.57 Å². The molecule has 11 rings (SSSR count). The Morgan fingerprint density at radius 1 is 0.345 bits per heavy atom. The summed E-state index contributed by atoms with van der Waals surface area (Å²) in [6.45, 7) is 0. The molecule has 0 N–H and O–H groups in total. The lowest BCUT2D eigenvalue weighted by Crippen LogP contribution is -2.14. The maximum Gasteiger partial charge on any atom is 0.159 e. The molecule has 0 radical (unpaired) electrons. The van der Waals surface area contributed by atoms with Crippen LogP contribution in [0.1, 0.15) is 0 Å². The highest BCUT2D eigenvalue weighted by Gasteiger charge is 2.26. The molecule has 0 saturated carbocycles. The second-order valence-corrected chi connectivity index (χ2v) is 14.6. The molecule has 9 aromatic carbocycles. The first-order valence-corrected chi connectivity index (χ1v) is 19.7. The van der Waals surface area contributed by atoms with E-state index in [-0.39, 0.29) is 0 Å². The number of benzene rings is 9. The van der Waals surface area contributed by atoms with Crippen LogP contribution in [-0.2, 0) is 0 Å². The lowest BCUT2D eigenvalue weighted by molar-refractivity contribution is 0.669. The van der Waals surface area contributed by atoms with E-state index in [1.54, 1.807) is 0 Å². The van der Waals surface area contributed by atoms with Crippen LogP contribution in [0.3, 0.4) is 0 Å². The van der Waals surface area contributed by atoms with Crippen molar-refractivity contribution in [1.82, 2.24) is 4.57 Å². The van der Waals surface area contributed by atoms with Gasteiger partial charge >= 0.3 is 0 Å². The molecule has 0 spiro atoms. The minimum absolute atomic E-state index is 0.842. The van der Waals surface area contributed by atoms with Gasteiger partial charge in [0.25, 0.3) is 0 Å². The van der Waals surface area contributed by atoms with E-state index in [9.17, 15) is 0 Å². The Kier molecular flexibility index (Phi) is 8.11. The number of hydrogen-bond acceptors (Lipinski definition) is 3. The molecular weight excluding hydrogens is 707 g/mol. The van der Waals surface area contributed by atoms with Crippen LogP contribution >= 0.6 is 0 Å². The molecule has 0 aliphatic carbocycles. The molecule has 2 heterocycles. The van der Waals surface area contributed by atoms with Gasteiger partial charge in [-0.2, -0.15) is 0 Å². The standard InChI is InChI=1S/C54H37N3O/c1-5-18-38(19-6-1)39-32-34-43(35-33-39)57-48-29-15-13-27-47(48)53-50(55(40-20-7-2-8-21-40)41-22-9-3-10-23-41)36-44(37-51(53)57)56(42-24-11-4-12-25-42)49-30-17-28-46-45-26-14-16-31-52(45)58-54(46)49/h1-37H. The molecule has 2 aromatic heterocycles. The van der Waals surface area contributed by atoms with E-state index >= 15 is 0 Å². The molecule has 0 aliphatic heterocycles. The van der Waals surface area contributed by atoms with Gasteiger partial charge in [0, 0.05) is 44.3 Å². The molecule has 58 heavy (non-hydrogen) atoms. The first kappa shape index (κ1) is 33.5. The Labute approximate surface area is 336 Å². The second-order valence-electron chi connectivity index (χ2n) is 14.6. The smallest absolute Gasteiger partial charge is 0.159 e. The van der Waals surface area contributed by atoms with Gasteiger partial charge in [-0.25, -0.2) is 0 Å². The van der Waals surface area contributed by atoms with Gasteiger partial charge in [0.2, 0.25) is 0 Å². The zero-order chi connectivity index (χ0) is 38.4. The maximum absolute atomic E-state index is 6.74. The summed E-state index contributed by atoms with van der Waals surface area (Å²) in [5.41, 5.74) is 13.6. The number of para-hydroxylation sites is 6. The molecule has 0 aliphatic rings. The Morgan fingerprint density at radius 2 is 0.862 bits per heavy atom. The fourth-order valence-corrected chi connectivity index (χ4v) is 8.57. The van der Waals surface area contributed by atoms with E-state index in [0.29, 0.717) is 0 Å². The van der Waals surface area contributed by atoms with E-state index in [1.165, 1.54) is 16.5 Å².